The Balaban J connectivity index is 2.34. The fourth-order valence-corrected chi connectivity index (χ4v) is 2.77. The molecule has 2 aromatic carbocycles. The van der Waals surface area contributed by atoms with Gasteiger partial charge in [-0.2, -0.15) is 0 Å². The number of nitrogens with one attached hydrogen (secondary N) is 1. The van der Waals surface area contributed by atoms with Gasteiger partial charge in [0.15, 0.2) is 0 Å². The van der Waals surface area contributed by atoms with E-state index in [-0.39, 0.29) is 5.82 Å². The molecule has 1 N–H and O–H groups in total. The summed E-state index contributed by atoms with van der Waals surface area (Å²) >= 11 is 6.40. The molecule has 2 nitrogen and oxygen atoms in total. The van der Waals surface area contributed by atoms with Gasteiger partial charge in [0, 0.05) is 5.39 Å². The molecule has 4 heteroatoms. The fourth-order valence-electron chi connectivity index (χ4n) is 2.47. The van der Waals surface area contributed by atoms with Crippen LogP contribution in [0.4, 0.5) is 4.39 Å². The van der Waals surface area contributed by atoms with Crippen molar-refractivity contribution in [2.75, 3.05) is 0 Å². The molecule has 0 saturated carbocycles. The molecule has 0 bridgehead atoms. The van der Waals surface area contributed by atoms with E-state index in [1.54, 1.807) is 6.07 Å². The monoisotopic (exact) mass is 270 g/mol. The molecule has 0 spiro atoms. The Kier molecular flexibility index (Phi) is 2.09. The van der Waals surface area contributed by atoms with Crippen molar-refractivity contribution in [1.29, 1.82) is 0 Å². The minimum Gasteiger partial charge on any atom is -0.352 e. The Hall–Kier alpha value is -2.13. The number of halogens is 2. The molecule has 2 aromatic heterocycles. The maximum atomic E-state index is 14.0. The smallest absolute Gasteiger partial charge is 0.134 e. The van der Waals surface area contributed by atoms with Crippen molar-refractivity contribution < 1.29 is 4.39 Å². The molecule has 0 saturated heterocycles. The summed E-state index contributed by atoms with van der Waals surface area (Å²) in [5.74, 6) is -0.289. The normalized spacial score (nSPS) is 11.7. The summed E-state index contributed by atoms with van der Waals surface area (Å²) in [6, 6.07) is 12.5. The number of benzene rings is 2. The molecule has 0 radical (unpaired) electrons. The third-order valence-corrected chi connectivity index (χ3v) is 3.73. The Labute approximate surface area is 112 Å². The average molecular weight is 271 g/mol. The maximum absolute atomic E-state index is 14.0. The van der Waals surface area contributed by atoms with Crippen LogP contribution in [0, 0.1) is 5.82 Å². The van der Waals surface area contributed by atoms with E-state index in [2.05, 4.69) is 9.97 Å². The van der Waals surface area contributed by atoms with Gasteiger partial charge in [-0.1, -0.05) is 35.9 Å². The van der Waals surface area contributed by atoms with Crippen molar-refractivity contribution in [3.8, 4) is 0 Å². The van der Waals surface area contributed by atoms with Crippen molar-refractivity contribution in [3.05, 3.63) is 53.3 Å². The van der Waals surface area contributed by atoms with Gasteiger partial charge in [-0.15, -0.1) is 0 Å². The van der Waals surface area contributed by atoms with Crippen molar-refractivity contribution in [1.82, 2.24) is 9.97 Å². The molecule has 0 amide bonds. The lowest BCUT2D eigenvalue weighted by Gasteiger charge is -2.01. The summed E-state index contributed by atoms with van der Waals surface area (Å²) in [7, 11) is 0. The zero-order valence-corrected chi connectivity index (χ0v) is 10.5. The largest absolute Gasteiger partial charge is 0.352 e. The molecule has 0 aliphatic rings. The van der Waals surface area contributed by atoms with Gasteiger partial charge >= 0.3 is 0 Å². The SMILES string of the molecule is Fc1cccc2[nH]c3c(Cl)c4ccccc4nc3c12. The van der Waals surface area contributed by atoms with E-state index in [1.165, 1.54) is 6.07 Å². The van der Waals surface area contributed by atoms with E-state index in [4.69, 9.17) is 11.6 Å². The second-order valence-corrected chi connectivity index (χ2v) is 4.83. The molecule has 4 aromatic rings. The quantitative estimate of drug-likeness (QED) is 0.494. The third-order valence-electron chi connectivity index (χ3n) is 3.34. The van der Waals surface area contributed by atoms with Crippen LogP contribution in [0.15, 0.2) is 42.5 Å². The Morgan fingerprint density at radius 3 is 2.79 bits per heavy atom. The molecule has 2 heterocycles. The lowest BCUT2D eigenvalue weighted by Crippen LogP contribution is -1.83. The molecule has 0 aliphatic heterocycles. The molecule has 0 unspecified atom stereocenters. The van der Waals surface area contributed by atoms with Gasteiger partial charge in [0.2, 0.25) is 0 Å². The van der Waals surface area contributed by atoms with Crippen molar-refractivity contribution in [2.45, 2.75) is 0 Å². The van der Waals surface area contributed by atoms with E-state index in [0.29, 0.717) is 27.0 Å². The lowest BCUT2D eigenvalue weighted by molar-refractivity contribution is 0.640. The Morgan fingerprint density at radius 2 is 1.89 bits per heavy atom. The van der Waals surface area contributed by atoms with Gasteiger partial charge < -0.3 is 4.98 Å². The second kappa shape index (κ2) is 3.68. The summed E-state index contributed by atoms with van der Waals surface area (Å²) in [6.45, 7) is 0. The number of para-hydroxylation sites is 1. The summed E-state index contributed by atoms with van der Waals surface area (Å²) in [5.41, 5.74) is 2.74. The number of pyridine rings is 1. The van der Waals surface area contributed by atoms with Crippen LogP contribution in [-0.4, -0.2) is 9.97 Å². The number of fused-ring (bicyclic) bond motifs is 4. The highest BCUT2D eigenvalue weighted by molar-refractivity contribution is 6.40. The van der Waals surface area contributed by atoms with E-state index in [1.807, 2.05) is 30.3 Å². The fraction of sp³-hybridized carbons (Fsp3) is 0. The van der Waals surface area contributed by atoms with Crippen molar-refractivity contribution >= 4 is 44.4 Å². The van der Waals surface area contributed by atoms with Crippen LogP contribution in [0.25, 0.3) is 32.8 Å². The van der Waals surface area contributed by atoms with Crippen LogP contribution in [0.1, 0.15) is 0 Å². The van der Waals surface area contributed by atoms with Crippen LogP contribution in [-0.2, 0) is 0 Å². The Bertz CT molecular complexity index is 943. The molecular weight excluding hydrogens is 263 g/mol. The number of aromatic nitrogens is 2. The number of H-pyrrole nitrogens is 1. The van der Waals surface area contributed by atoms with Gasteiger partial charge in [-0.25, -0.2) is 9.37 Å². The summed E-state index contributed by atoms with van der Waals surface area (Å²) in [4.78, 5) is 7.68. The maximum Gasteiger partial charge on any atom is 0.134 e. The first-order valence-electron chi connectivity index (χ1n) is 5.90. The predicted molar refractivity (Wildman–Crippen MR) is 76.1 cm³/mol. The van der Waals surface area contributed by atoms with Gasteiger partial charge in [0.25, 0.3) is 0 Å². The predicted octanol–water partition coefficient (Wildman–Crippen LogP) is 4.66. The van der Waals surface area contributed by atoms with Crippen LogP contribution < -0.4 is 0 Å². The molecule has 4 rings (SSSR count). The van der Waals surface area contributed by atoms with Crippen LogP contribution in [0.2, 0.25) is 5.02 Å². The number of aromatic amines is 1. The highest BCUT2D eigenvalue weighted by atomic mass is 35.5. The minimum absolute atomic E-state index is 0.289. The topological polar surface area (TPSA) is 28.7 Å². The zero-order chi connectivity index (χ0) is 13.0. The number of hydrogen-bond acceptors (Lipinski definition) is 1. The molecule has 92 valence electrons. The summed E-state index contributed by atoms with van der Waals surface area (Å²) < 4.78 is 14.0. The van der Waals surface area contributed by atoms with Gasteiger partial charge in [0.1, 0.15) is 11.3 Å². The number of nitrogens with zero attached hydrogens (tertiary/aromatic N) is 1. The average Bonchev–Trinajstić information content (AvgIpc) is 2.79. The van der Waals surface area contributed by atoms with Gasteiger partial charge in [-0.05, 0) is 18.2 Å². The van der Waals surface area contributed by atoms with E-state index in [9.17, 15) is 4.39 Å². The highest BCUT2D eigenvalue weighted by Gasteiger charge is 2.14. The summed E-state index contributed by atoms with van der Waals surface area (Å²) in [5, 5.41) is 1.94. The highest BCUT2D eigenvalue weighted by Crippen LogP contribution is 2.34. The lowest BCUT2D eigenvalue weighted by atomic mass is 10.1. The first-order chi connectivity index (χ1) is 9.25. The Morgan fingerprint density at radius 1 is 1.05 bits per heavy atom. The van der Waals surface area contributed by atoms with Gasteiger partial charge in [0.05, 0.1) is 27.0 Å². The van der Waals surface area contributed by atoms with Crippen molar-refractivity contribution in [3.63, 3.8) is 0 Å². The third kappa shape index (κ3) is 1.39. The van der Waals surface area contributed by atoms with E-state index >= 15 is 0 Å². The van der Waals surface area contributed by atoms with Crippen molar-refractivity contribution in [2.24, 2.45) is 0 Å². The molecule has 0 atom stereocenters. The standard InChI is InChI=1S/C15H8ClFN2/c16-13-8-4-1-2-6-10(8)18-14-12-9(17)5-3-7-11(12)19-15(13)14/h1-7,19H. The molecule has 0 fully saturated rings. The number of rotatable bonds is 0. The second-order valence-electron chi connectivity index (χ2n) is 4.45. The van der Waals surface area contributed by atoms with E-state index < -0.39 is 0 Å². The van der Waals surface area contributed by atoms with Crippen LogP contribution >= 0.6 is 11.6 Å². The molecular formula is C15H8ClFN2. The molecule has 0 aliphatic carbocycles. The summed E-state index contributed by atoms with van der Waals surface area (Å²) in [6.07, 6.45) is 0. The van der Waals surface area contributed by atoms with Crippen LogP contribution in [0.5, 0.6) is 0 Å². The first-order valence-corrected chi connectivity index (χ1v) is 6.27. The number of hydrogen-bond donors (Lipinski definition) is 1. The van der Waals surface area contributed by atoms with E-state index in [0.717, 1.165) is 10.9 Å². The zero-order valence-electron chi connectivity index (χ0n) is 9.74. The first kappa shape index (κ1) is 10.8. The van der Waals surface area contributed by atoms with Gasteiger partial charge in [-0.3, -0.25) is 0 Å². The molecule has 19 heavy (non-hydrogen) atoms. The minimum atomic E-state index is -0.289. The van der Waals surface area contributed by atoms with Crippen LogP contribution in [0.3, 0.4) is 0 Å².